The van der Waals surface area contributed by atoms with Gasteiger partial charge in [-0.3, -0.25) is 0 Å². The molecule has 2 rings (SSSR count). The highest BCUT2D eigenvalue weighted by molar-refractivity contribution is 6.31. The van der Waals surface area contributed by atoms with Gasteiger partial charge in [-0.1, -0.05) is 37.4 Å². The van der Waals surface area contributed by atoms with Gasteiger partial charge >= 0.3 is 0 Å². The van der Waals surface area contributed by atoms with Crippen molar-refractivity contribution in [2.75, 3.05) is 18.0 Å². The zero-order chi connectivity index (χ0) is 15.2. The molecule has 0 aromatic heterocycles. The Labute approximate surface area is 134 Å². The molecule has 2 nitrogen and oxygen atoms in total. The number of nitrogens with one attached hydrogen (secondary N) is 1. The maximum Gasteiger partial charge on any atom is 0.0474 e. The summed E-state index contributed by atoms with van der Waals surface area (Å²) < 4.78 is 0. The molecule has 1 aliphatic carbocycles. The monoisotopic (exact) mass is 308 g/mol. The maximum absolute atomic E-state index is 6.54. The normalized spacial score (nSPS) is 17.1. The second-order valence-corrected chi connectivity index (χ2v) is 6.51. The van der Waals surface area contributed by atoms with Crippen molar-refractivity contribution < 1.29 is 0 Å². The average molecular weight is 309 g/mol. The summed E-state index contributed by atoms with van der Waals surface area (Å²) in [6, 6.07) is 7.61. The van der Waals surface area contributed by atoms with Gasteiger partial charge in [-0.2, -0.15) is 0 Å². The van der Waals surface area contributed by atoms with Crippen molar-refractivity contribution in [1.82, 2.24) is 5.32 Å². The van der Waals surface area contributed by atoms with Crippen molar-refractivity contribution in [3.05, 3.63) is 28.8 Å². The van der Waals surface area contributed by atoms with Crippen LogP contribution in [0.15, 0.2) is 18.2 Å². The summed E-state index contributed by atoms with van der Waals surface area (Å²) in [6.45, 7) is 8.70. The van der Waals surface area contributed by atoms with Gasteiger partial charge < -0.3 is 10.2 Å². The third-order valence-electron chi connectivity index (χ3n) is 4.59. The molecule has 1 unspecified atom stereocenters. The molecule has 118 valence electrons. The first-order valence-corrected chi connectivity index (χ1v) is 8.84. The lowest BCUT2D eigenvalue weighted by Crippen LogP contribution is -2.33. The number of hydrogen-bond donors (Lipinski definition) is 1. The molecule has 0 spiro atoms. The van der Waals surface area contributed by atoms with E-state index in [1.54, 1.807) is 0 Å². The lowest BCUT2D eigenvalue weighted by molar-refractivity contribution is 0.570. The van der Waals surface area contributed by atoms with E-state index in [2.05, 4.69) is 49.2 Å². The van der Waals surface area contributed by atoms with Gasteiger partial charge in [0.15, 0.2) is 0 Å². The Morgan fingerprint density at radius 3 is 2.57 bits per heavy atom. The van der Waals surface area contributed by atoms with Crippen LogP contribution >= 0.6 is 11.6 Å². The van der Waals surface area contributed by atoms with E-state index in [1.807, 2.05) is 0 Å². The second kappa shape index (κ2) is 8.05. The minimum absolute atomic E-state index is 0.313. The second-order valence-electron chi connectivity index (χ2n) is 6.11. The van der Waals surface area contributed by atoms with Crippen LogP contribution in [0.2, 0.25) is 5.02 Å². The SMILES string of the molecule is CCCNC(C)c1ccc(N(CC)C2CCCC2)cc1Cl. The van der Waals surface area contributed by atoms with Crippen LogP contribution in [0, 0.1) is 0 Å². The van der Waals surface area contributed by atoms with Crippen molar-refractivity contribution in [3.63, 3.8) is 0 Å². The highest BCUT2D eigenvalue weighted by Crippen LogP contribution is 2.32. The van der Waals surface area contributed by atoms with Gasteiger partial charge in [0.1, 0.15) is 0 Å². The summed E-state index contributed by atoms with van der Waals surface area (Å²) in [5.74, 6) is 0. The van der Waals surface area contributed by atoms with Gasteiger partial charge in [-0.15, -0.1) is 0 Å². The van der Waals surface area contributed by atoms with Crippen LogP contribution in [0.25, 0.3) is 0 Å². The van der Waals surface area contributed by atoms with Gasteiger partial charge in [-0.25, -0.2) is 0 Å². The van der Waals surface area contributed by atoms with Gasteiger partial charge in [0, 0.05) is 29.3 Å². The van der Waals surface area contributed by atoms with Crippen molar-refractivity contribution >= 4 is 17.3 Å². The third-order valence-corrected chi connectivity index (χ3v) is 4.92. The first-order chi connectivity index (χ1) is 10.2. The molecule has 1 saturated carbocycles. The molecule has 1 aromatic rings. The Hall–Kier alpha value is -0.730. The van der Waals surface area contributed by atoms with Gasteiger partial charge in [0.25, 0.3) is 0 Å². The molecule has 1 fully saturated rings. The van der Waals surface area contributed by atoms with Crippen LogP contribution in [-0.4, -0.2) is 19.1 Å². The lowest BCUT2D eigenvalue weighted by Gasteiger charge is -2.30. The van der Waals surface area contributed by atoms with Crippen LogP contribution in [0.4, 0.5) is 5.69 Å². The van der Waals surface area contributed by atoms with E-state index in [4.69, 9.17) is 11.6 Å². The number of benzene rings is 1. The molecular weight excluding hydrogens is 280 g/mol. The maximum atomic E-state index is 6.54. The zero-order valence-corrected chi connectivity index (χ0v) is 14.4. The molecule has 1 atom stereocenters. The van der Waals surface area contributed by atoms with Crippen LogP contribution < -0.4 is 10.2 Å². The van der Waals surface area contributed by atoms with Gasteiger partial charge in [0.05, 0.1) is 0 Å². The fraction of sp³-hybridized carbons (Fsp3) is 0.667. The summed E-state index contributed by atoms with van der Waals surface area (Å²) in [6.07, 6.45) is 6.52. The van der Waals surface area contributed by atoms with Crippen LogP contribution in [0.1, 0.15) is 64.5 Å². The quantitative estimate of drug-likeness (QED) is 0.747. The highest BCUT2D eigenvalue weighted by Gasteiger charge is 2.22. The van der Waals surface area contributed by atoms with Crippen molar-refractivity contribution in [2.24, 2.45) is 0 Å². The highest BCUT2D eigenvalue weighted by atomic mass is 35.5. The van der Waals surface area contributed by atoms with Crippen molar-refractivity contribution in [1.29, 1.82) is 0 Å². The largest absolute Gasteiger partial charge is 0.369 e. The molecule has 3 heteroatoms. The smallest absolute Gasteiger partial charge is 0.0474 e. The summed E-state index contributed by atoms with van der Waals surface area (Å²) in [4.78, 5) is 2.52. The molecule has 0 saturated heterocycles. The van der Waals surface area contributed by atoms with E-state index in [1.165, 1.54) is 36.9 Å². The van der Waals surface area contributed by atoms with E-state index in [0.717, 1.165) is 24.5 Å². The Balaban J connectivity index is 2.13. The number of hydrogen-bond acceptors (Lipinski definition) is 2. The predicted molar refractivity (Wildman–Crippen MR) is 93.4 cm³/mol. The Morgan fingerprint density at radius 2 is 2.00 bits per heavy atom. The van der Waals surface area contributed by atoms with Crippen LogP contribution in [0.5, 0.6) is 0 Å². The molecule has 1 aliphatic rings. The van der Waals surface area contributed by atoms with E-state index >= 15 is 0 Å². The molecule has 0 amide bonds. The van der Waals surface area contributed by atoms with Crippen molar-refractivity contribution in [2.45, 2.75) is 65.0 Å². The predicted octanol–water partition coefficient (Wildman–Crippen LogP) is 5.17. The average Bonchev–Trinajstić information content (AvgIpc) is 3.00. The van der Waals surface area contributed by atoms with Gasteiger partial charge in [-0.05, 0) is 57.4 Å². The first kappa shape index (κ1) is 16.6. The molecule has 0 bridgehead atoms. The molecular formula is C18H29ClN2. The fourth-order valence-corrected chi connectivity index (χ4v) is 3.72. The molecule has 0 heterocycles. The molecule has 21 heavy (non-hydrogen) atoms. The van der Waals surface area contributed by atoms with Crippen molar-refractivity contribution in [3.8, 4) is 0 Å². The number of rotatable bonds is 7. The standard InChI is InChI=1S/C18H29ClN2/c1-4-12-20-14(3)17-11-10-16(13-18(17)19)21(5-2)15-8-6-7-9-15/h10-11,13-15,20H,4-9,12H2,1-3H3. The summed E-state index contributed by atoms with van der Waals surface area (Å²) in [7, 11) is 0. The number of halogens is 1. The third kappa shape index (κ3) is 4.14. The number of nitrogens with zero attached hydrogens (tertiary/aromatic N) is 1. The Bertz CT molecular complexity index is 441. The molecule has 0 radical (unpaired) electrons. The minimum atomic E-state index is 0.313. The number of anilines is 1. The van der Waals surface area contributed by atoms with E-state index in [0.29, 0.717) is 12.1 Å². The summed E-state index contributed by atoms with van der Waals surface area (Å²) in [5, 5.41) is 4.40. The zero-order valence-electron chi connectivity index (χ0n) is 13.7. The molecule has 1 aromatic carbocycles. The first-order valence-electron chi connectivity index (χ1n) is 8.46. The summed E-state index contributed by atoms with van der Waals surface area (Å²) in [5.41, 5.74) is 2.48. The molecule has 0 aliphatic heterocycles. The van der Waals surface area contributed by atoms with Crippen LogP contribution in [-0.2, 0) is 0 Å². The summed E-state index contributed by atoms with van der Waals surface area (Å²) >= 11 is 6.54. The fourth-order valence-electron chi connectivity index (χ4n) is 3.38. The van der Waals surface area contributed by atoms with E-state index in [9.17, 15) is 0 Å². The lowest BCUT2D eigenvalue weighted by atomic mass is 10.1. The Morgan fingerprint density at radius 1 is 1.29 bits per heavy atom. The Kier molecular flexibility index (Phi) is 6.38. The van der Waals surface area contributed by atoms with E-state index < -0.39 is 0 Å². The molecule has 1 N–H and O–H groups in total. The van der Waals surface area contributed by atoms with E-state index in [-0.39, 0.29) is 0 Å². The minimum Gasteiger partial charge on any atom is -0.369 e. The van der Waals surface area contributed by atoms with Crippen LogP contribution in [0.3, 0.4) is 0 Å². The topological polar surface area (TPSA) is 15.3 Å². The van der Waals surface area contributed by atoms with Gasteiger partial charge in [0.2, 0.25) is 0 Å².